The van der Waals surface area contributed by atoms with Crippen LogP contribution in [-0.4, -0.2) is 63.6 Å². The first-order valence-electron chi connectivity index (χ1n) is 5.48. The summed E-state index contributed by atoms with van der Waals surface area (Å²) in [6.07, 6.45) is -0.615. The van der Waals surface area contributed by atoms with E-state index in [1.807, 2.05) is 0 Å². The third-order valence-electron chi connectivity index (χ3n) is 2.86. The van der Waals surface area contributed by atoms with E-state index in [9.17, 15) is 14.7 Å². The van der Waals surface area contributed by atoms with E-state index >= 15 is 0 Å². The monoisotopic (exact) mass is 246 g/mol. The average Bonchev–Trinajstić information content (AvgIpc) is 2.25. The van der Waals surface area contributed by atoms with Crippen molar-refractivity contribution in [2.75, 3.05) is 19.6 Å². The van der Waals surface area contributed by atoms with Crippen LogP contribution in [0.25, 0.3) is 0 Å². The van der Waals surface area contributed by atoms with Crippen LogP contribution in [0, 0.1) is 0 Å². The van der Waals surface area contributed by atoms with Crippen LogP contribution in [0.4, 0.5) is 4.79 Å². The number of nitrogens with zero attached hydrogens (tertiary/aromatic N) is 1. The van der Waals surface area contributed by atoms with Crippen molar-refractivity contribution in [3.05, 3.63) is 0 Å². The number of hydrogen-bond donors (Lipinski definition) is 4. The van der Waals surface area contributed by atoms with E-state index in [0.29, 0.717) is 25.9 Å². The lowest BCUT2D eigenvalue weighted by Gasteiger charge is -2.35. The third kappa shape index (κ3) is 4.20. The normalized spacial score (nSPS) is 20.8. The average molecular weight is 246 g/mol. The van der Waals surface area contributed by atoms with E-state index in [1.165, 1.54) is 4.90 Å². The summed E-state index contributed by atoms with van der Waals surface area (Å²) in [5.74, 6) is -1.37. The van der Waals surface area contributed by atoms with Gasteiger partial charge in [0.1, 0.15) is 0 Å². The molecule has 1 rings (SSSR count). The van der Waals surface area contributed by atoms with E-state index in [0.717, 1.165) is 0 Å². The summed E-state index contributed by atoms with van der Waals surface area (Å²) in [7, 11) is 0. The Morgan fingerprint density at radius 1 is 1.41 bits per heavy atom. The molecule has 98 valence electrons. The van der Waals surface area contributed by atoms with Gasteiger partial charge in [-0.05, 0) is 19.8 Å². The van der Waals surface area contributed by atoms with Crippen molar-refractivity contribution in [2.24, 2.45) is 0 Å². The van der Waals surface area contributed by atoms with Gasteiger partial charge >= 0.3 is 12.0 Å². The van der Waals surface area contributed by atoms with Crippen molar-refractivity contribution in [3.63, 3.8) is 0 Å². The molecular weight excluding hydrogens is 228 g/mol. The minimum Gasteiger partial charge on any atom is -0.479 e. The number of hydrogen-bond acceptors (Lipinski definition) is 4. The number of carbonyl (C=O) groups is 2. The Hall–Kier alpha value is -1.34. The first kappa shape index (κ1) is 13.7. The van der Waals surface area contributed by atoms with Crippen molar-refractivity contribution in [3.8, 4) is 0 Å². The van der Waals surface area contributed by atoms with Crippen LogP contribution in [0.15, 0.2) is 0 Å². The van der Waals surface area contributed by atoms with Gasteiger partial charge in [-0.2, -0.15) is 0 Å². The first-order valence-corrected chi connectivity index (χ1v) is 5.48. The summed E-state index contributed by atoms with van der Waals surface area (Å²) in [6, 6.07) is -0.416. The largest absolute Gasteiger partial charge is 0.479 e. The molecule has 1 aliphatic heterocycles. The molecule has 0 aromatic carbocycles. The highest BCUT2D eigenvalue weighted by atomic mass is 16.4. The summed E-state index contributed by atoms with van der Waals surface area (Å²) in [6.45, 7) is 2.24. The molecule has 0 aromatic rings. The molecule has 4 N–H and O–H groups in total. The van der Waals surface area contributed by atoms with Crippen LogP contribution in [0.5, 0.6) is 0 Å². The van der Waals surface area contributed by atoms with Crippen LogP contribution >= 0.6 is 0 Å². The molecule has 0 saturated carbocycles. The van der Waals surface area contributed by atoms with Crippen molar-refractivity contribution in [1.82, 2.24) is 10.2 Å². The number of nitrogens with one attached hydrogen (secondary N) is 1. The standard InChI is InChI=1S/C10H18N2O5/c1-10(17)2-4-12(5-3-10)9(16)11-6-7(13)8(14)15/h7,13,17H,2-6H2,1H3,(H,11,16)(H,14,15)/t7-/m0/s1. The number of aliphatic hydroxyl groups excluding tert-OH is 1. The highest BCUT2D eigenvalue weighted by Gasteiger charge is 2.29. The maximum absolute atomic E-state index is 11.6. The lowest BCUT2D eigenvalue weighted by molar-refractivity contribution is -0.146. The Bertz CT molecular complexity index is 295. The van der Waals surface area contributed by atoms with E-state index in [1.54, 1.807) is 6.92 Å². The van der Waals surface area contributed by atoms with Crippen LogP contribution in [0.2, 0.25) is 0 Å². The first-order chi connectivity index (χ1) is 7.82. The molecule has 0 bridgehead atoms. The second kappa shape index (κ2) is 5.33. The van der Waals surface area contributed by atoms with E-state index in [2.05, 4.69) is 5.32 Å². The van der Waals surface area contributed by atoms with Crippen molar-refractivity contribution in [1.29, 1.82) is 0 Å². The van der Waals surface area contributed by atoms with Gasteiger partial charge in [-0.25, -0.2) is 9.59 Å². The molecule has 1 aliphatic rings. The summed E-state index contributed by atoms with van der Waals surface area (Å²) in [5.41, 5.74) is -0.739. The minimum atomic E-state index is -1.59. The third-order valence-corrected chi connectivity index (χ3v) is 2.86. The number of urea groups is 1. The van der Waals surface area contributed by atoms with Gasteiger partial charge in [-0.15, -0.1) is 0 Å². The Labute approximate surface area is 99.0 Å². The number of amides is 2. The summed E-state index contributed by atoms with van der Waals surface area (Å²) < 4.78 is 0. The Balaban J connectivity index is 2.32. The van der Waals surface area contributed by atoms with Crippen molar-refractivity contribution >= 4 is 12.0 Å². The smallest absolute Gasteiger partial charge is 0.334 e. The quantitative estimate of drug-likeness (QED) is 0.510. The molecule has 1 heterocycles. The molecule has 7 heteroatoms. The number of piperidine rings is 1. The van der Waals surface area contributed by atoms with E-state index < -0.39 is 23.7 Å². The second-order valence-electron chi connectivity index (χ2n) is 4.52. The number of aliphatic carboxylic acids is 1. The maximum atomic E-state index is 11.6. The molecule has 17 heavy (non-hydrogen) atoms. The molecule has 1 saturated heterocycles. The fourth-order valence-electron chi connectivity index (χ4n) is 1.57. The van der Waals surface area contributed by atoms with Crippen LogP contribution in [0.1, 0.15) is 19.8 Å². The SMILES string of the molecule is CC1(O)CCN(C(=O)NC[C@H](O)C(=O)O)CC1. The lowest BCUT2D eigenvalue weighted by atomic mass is 9.94. The number of rotatable bonds is 3. The molecule has 1 fully saturated rings. The molecule has 0 radical (unpaired) electrons. The number of carboxylic acids is 1. The molecule has 2 amide bonds. The minimum absolute atomic E-state index is 0.318. The van der Waals surface area contributed by atoms with Crippen LogP contribution < -0.4 is 5.32 Å². The van der Waals surface area contributed by atoms with E-state index in [-0.39, 0.29) is 6.54 Å². The number of aliphatic hydroxyl groups is 2. The van der Waals surface area contributed by atoms with Gasteiger partial charge in [-0.3, -0.25) is 0 Å². The molecule has 0 aromatic heterocycles. The number of likely N-dealkylation sites (tertiary alicyclic amines) is 1. The second-order valence-corrected chi connectivity index (χ2v) is 4.52. The summed E-state index contributed by atoms with van der Waals surface area (Å²) in [4.78, 5) is 23.4. The molecule has 0 aliphatic carbocycles. The highest BCUT2D eigenvalue weighted by Crippen LogP contribution is 2.20. The van der Waals surface area contributed by atoms with Crippen molar-refractivity contribution in [2.45, 2.75) is 31.5 Å². The van der Waals surface area contributed by atoms with Gasteiger partial charge in [0.05, 0.1) is 12.1 Å². The summed E-state index contributed by atoms with van der Waals surface area (Å²) in [5, 5.41) is 29.4. The Morgan fingerprint density at radius 2 is 1.94 bits per heavy atom. The lowest BCUT2D eigenvalue weighted by Crippen LogP contribution is -2.50. The zero-order chi connectivity index (χ0) is 13.1. The predicted octanol–water partition coefficient (Wildman–Crippen LogP) is -1.01. The Morgan fingerprint density at radius 3 is 2.41 bits per heavy atom. The molecular formula is C10H18N2O5. The summed E-state index contributed by atoms with van der Waals surface area (Å²) >= 11 is 0. The zero-order valence-corrected chi connectivity index (χ0v) is 9.72. The predicted molar refractivity (Wildman–Crippen MR) is 58.5 cm³/mol. The van der Waals surface area contributed by atoms with Gasteiger partial charge < -0.3 is 25.5 Å². The van der Waals surface area contributed by atoms with Gasteiger partial charge in [0, 0.05) is 13.1 Å². The molecule has 0 unspecified atom stereocenters. The number of carboxylic acid groups (broad SMARTS) is 1. The highest BCUT2D eigenvalue weighted by molar-refractivity contribution is 5.76. The topological polar surface area (TPSA) is 110 Å². The van der Waals surface area contributed by atoms with E-state index in [4.69, 9.17) is 10.2 Å². The fourth-order valence-corrected chi connectivity index (χ4v) is 1.57. The van der Waals surface area contributed by atoms with Crippen molar-refractivity contribution < 1.29 is 24.9 Å². The molecule has 7 nitrogen and oxygen atoms in total. The zero-order valence-electron chi connectivity index (χ0n) is 9.72. The van der Waals surface area contributed by atoms with Crippen LogP contribution in [-0.2, 0) is 4.79 Å². The van der Waals surface area contributed by atoms with Gasteiger partial charge in [-0.1, -0.05) is 0 Å². The van der Waals surface area contributed by atoms with Gasteiger partial charge in [0.25, 0.3) is 0 Å². The maximum Gasteiger partial charge on any atom is 0.334 e. The molecule has 0 spiro atoms. The van der Waals surface area contributed by atoms with Gasteiger partial charge in [0.2, 0.25) is 0 Å². The fraction of sp³-hybridized carbons (Fsp3) is 0.800. The van der Waals surface area contributed by atoms with Gasteiger partial charge in [0.15, 0.2) is 6.10 Å². The molecule has 1 atom stereocenters. The van der Waals surface area contributed by atoms with Crippen LogP contribution in [0.3, 0.4) is 0 Å². The number of carbonyl (C=O) groups excluding carboxylic acids is 1. The Kier molecular flexibility index (Phi) is 4.30.